The van der Waals surface area contributed by atoms with Gasteiger partial charge in [0.15, 0.2) is 0 Å². The Labute approximate surface area is 78.3 Å². The molecule has 1 aliphatic carbocycles. The monoisotopic (exact) mass is 187 g/mol. The zero-order valence-corrected chi connectivity index (χ0v) is 8.12. The number of carboxylic acid groups (broad SMARTS) is 1. The number of methoxy groups -OCH3 is 1. The van der Waals surface area contributed by atoms with Gasteiger partial charge in [0.1, 0.15) is 0 Å². The van der Waals surface area contributed by atoms with Gasteiger partial charge < -0.3 is 15.2 Å². The van der Waals surface area contributed by atoms with Crippen LogP contribution in [0.1, 0.15) is 19.8 Å². The Bertz CT molecular complexity index is 178. The number of carbonyl (C=O) groups is 1. The largest absolute Gasteiger partial charge is 0.481 e. The molecule has 0 aromatic heterocycles. The molecule has 1 saturated carbocycles. The first-order valence-electron chi connectivity index (χ1n) is 4.62. The molecule has 76 valence electrons. The molecule has 0 amide bonds. The molecule has 0 aliphatic heterocycles. The zero-order valence-electron chi connectivity index (χ0n) is 8.12. The summed E-state index contributed by atoms with van der Waals surface area (Å²) in [5.41, 5.74) is 0. The fourth-order valence-corrected chi connectivity index (χ4v) is 1.36. The number of carboxylic acids is 1. The summed E-state index contributed by atoms with van der Waals surface area (Å²) in [4.78, 5) is 10.5. The highest BCUT2D eigenvalue weighted by molar-refractivity contribution is 5.69. The third-order valence-corrected chi connectivity index (χ3v) is 2.56. The molecule has 0 aromatic rings. The van der Waals surface area contributed by atoms with E-state index in [0.29, 0.717) is 18.7 Å². The fraction of sp³-hybridized carbons (Fsp3) is 0.889. The summed E-state index contributed by atoms with van der Waals surface area (Å²) in [5, 5.41) is 11.8. The maximum Gasteiger partial charge on any atom is 0.307 e. The summed E-state index contributed by atoms with van der Waals surface area (Å²) < 4.78 is 5.11. The quantitative estimate of drug-likeness (QED) is 0.657. The number of ether oxygens (including phenoxy) is 1. The molecule has 4 nitrogen and oxygen atoms in total. The second-order valence-corrected chi connectivity index (χ2v) is 3.67. The van der Waals surface area contributed by atoms with Crippen molar-refractivity contribution in [3.05, 3.63) is 0 Å². The van der Waals surface area contributed by atoms with E-state index in [1.54, 1.807) is 14.0 Å². The summed E-state index contributed by atoms with van der Waals surface area (Å²) in [5.74, 6) is -1.04. The van der Waals surface area contributed by atoms with Crippen LogP contribution in [0.3, 0.4) is 0 Å². The van der Waals surface area contributed by atoms with Crippen LogP contribution in [-0.4, -0.2) is 36.9 Å². The van der Waals surface area contributed by atoms with E-state index in [9.17, 15) is 4.79 Å². The molecule has 0 spiro atoms. The first-order valence-corrected chi connectivity index (χ1v) is 4.62. The van der Waals surface area contributed by atoms with Crippen LogP contribution in [0.2, 0.25) is 0 Å². The number of nitrogens with one attached hydrogen (secondary N) is 1. The van der Waals surface area contributed by atoms with Gasteiger partial charge in [-0.2, -0.15) is 0 Å². The second kappa shape index (κ2) is 4.58. The Balaban J connectivity index is 2.05. The van der Waals surface area contributed by atoms with E-state index in [4.69, 9.17) is 9.84 Å². The van der Waals surface area contributed by atoms with Gasteiger partial charge in [0, 0.05) is 19.7 Å². The number of aliphatic carboxylic acids is 1. The minimum atomic E-state index is -0.741. The molecular weight excluding hydrogens is 170 g/mol. The molecule has 13 heavy (non-hydrogen) atoms. The Morgan fingerprint density at radius 3 is 2.77 bits per heavy atom. The molecule has 0 heterocycles. The van der Waals surface area contributed by atoms with E-state index in [1.165, 1.54) is 0 Å². The topological polar surface area (TPSA) is 58.6 Å². The van der Waals surface area contributed by atoms with Crippen molar-refractivity contribution < 1.29 is 14.6 Å². The van der Waals surface area contributed by atoms with E-state index in [2.05, 4.69) is 5.32 Å². The van der Waals surface area contributed by atoms with E-state index < -0.39 is 5.97 Å². The van der Waals surface area contributed by atoms with Crippen LogP contribution < -0.4 is 5.32 Å². The van der Waals surface area contributed by atoms with Crippen molar-refractivity contribution in [1.29, 1.82) is 0 Å². The van der Waals surface area contributed by atoms with E-state index in [1.807, 2.05) is 0 Å². The van der Waals surface area contributed by atoms with Crippen LogP contribution in [0.4, 0.5) is 0 Å². The summed E-state index contributed by atoms with van der Waals surface area (Å²) in [6, 6.07) is 0.451. The smallest absolute Gasteiger partial charge is 0.307 e. The van der Waals surface area contributed by atoms with Crippen molar-refractivity contribution in [3.63, 3.8) is 0 Å². The van der Waals surface area contributed by atoms with Gasteiger partial charge in [-0.25, -0.2) is 0 Å². The molecule has 0 saturated heterocycles. The summed E-state index contributed by atoms with van der Waals surface area (Å²) in [6.45, 7) is 2.26. The lowest BCUT2D eigenvalue weighted by Crippen LogP contribution is -2.46. The Kier molecular flexibility index (Phi) is 3.69. The van der Waals surface area contributed by atoms with E-state index in [0.717, 1.165) is 12.8 Å². The highest BCUT2D eigenvalue weighted by Gasteiger charge is 2.28. The maximum absolute atomic E-state index is 10.5. The molecule has 4 heteroatoms. The Morgan fingerprint density at radius 1 is 1.69 bits per heavy atom. The van der Waals surface area contributed by atoms with Gasteiger partial charge in [0.25, 0.3) is 0 Å². The lowest BCUT2D eigenvalue weighted by molar-refractivity contribution is -0.141. The van der Waals surface area contributed by atoms with Gasteiger partial charge in [0.05, 0.1) is 12.0 Å². The first-order chi connectivity index (χ1) is 6.13. The minimum Gasteiger partial charge on any atom is -0.481 e. The van der Waals surface area contributed by atoms with Crippen molar-refractivity contribution >= 4 is 5.97 Å². The van der Waals surface area contributed by atoms with Gasteiger partial charge in [-0.1, -0.05) is 6.92 Å². The first kappa shape index (κ1) is 10.5. The molecule has 1 rings (SSSR count). The van der Waals surface area contributed by atoms with Crippen molar-refractivity contribution in [2.24, 2.45) is 5.92 Å². The van der Waals surface area contributed by atoms with Gasteiger partial charge in [-0.3, -0.25) is 4.79 Å². The highest BCUT2D eigenvalue weighted by Crippen LogP contribution is 2.22. The standard InChI is InChI=1S/C9H17NO3/c1-6(9(11)12)5-10-7-3-8(4-7)13-2/h6-8,10H,3-5H2,1-2H3,(H,11,12). The fourth-order valence-electron chi connectivity index (χ4n) is 1.36. The number of hydrogen-bond donors (Lipinski definition) is 2. The molecule has 1 atom stereocenters. The molecule has 0 aromatic carbocycles. The molecular formula is C9H17NO3. The maximum atomic E-state index is 10.5. The highest BCUT2D eigenvalue weighted by atomic mass is 16.5. The lowest BCUT2D eigenvalue weighted by atomic mass is 9.89. The Hall–Kier alpha value is -0.610. The second-order valence-electron chi connectivity index (χ2n) is 3.67. The van der Waals surface area contributed by atoms with Gasteiger partial charge in [-0.05, 0) is 12.8 Å². The lowest BCUT2D eigenvalue weighted by Gasteiger charge is -2.35. The number of rotatable bonds is 5. The number of hydrogen-bond acceptors (Lipinski definition) is 3. The van der Waals surface area contributed by atoms with Crippen LogP contribution in [0.5, 0.6) is 0 Å². The molecule has 0 radical (unpaired) electrons. The van der Waals surface area contributed by atoms with Gasteiger partial charge in [0.2, 0.25) is 0 Å². The predicted molar refractivity (Wildman–Crippen MR) is 48.6 cm³/mol. The predicted octanol–water partition coefficient (Wildman–Crippen LogP) is 0.474. The molecule has 1 aliphatic rings. The van der Waals surface area contributed by atoms with Crippen LogP contribution in [0.15, 0.2) is 0 Å². The van der Waals surface area contributed by atoms with Crippen LogP contribution in [0.25, 0.3) is 0 Å². The van der Waals surface area contributed by atoms with Gasteiger partial charge in [-0.15, -0.1) is 0 Å². The Morgan fingerprint density at radius 2 is 2.31 bits per heavy atom. The van der Waals surface area contributed by atoms with E-state index >= 15 is 0 Å². The average molecular weight is 187 g/mol. The minimum absolute atomic E-state index is 0.304. The third-order valence-electron chi connectivity index (χ3n) is 2.56. The SMILES string of the molecule is COC1CC(NCC(C)C(=O)O)C1. The summed E-state index contributed by atoms with van der Waals surface area (Å²) in [7, 11) is 1.71. The van der Waals surface area contributed by atoms with E-state index in [-0.39, 0.29) is 5.92 Å². The van der Waals surface area contributed by atoms with Crippen LogP contribution >= 0.6 is 0 Å². The summed E-state index contributed by atoms with van der Waals surface area (Å²) in [6.07, 6.45) is 2.38. The summed E-state index contributed by atoms with van der Waals surface area (Å²) >= 11 is 0. The molecule has 1 fully saturated rings. The van der Waals surface area contributed by atoms with Crippen molar-refractivity contribution in [2.75, 3.05) is 13.7 Å². The van der Waals surface area contributed by atoms with Crippen molar-refractivity contribution in [3.8, 4) is 0 Å². The third kappa shape index (κ3) is 2.97. The zero-order chi connectivity index (χ0) is 9.84. The van der Waals surface area contributed by atoms with Gasteiger partial charge >= 0.3 is 5.97 Å². The molecule has 1 unspecified atom stereocenters. The van der Waals surface area contributed by atoms with Crippen molar-refractivity contribution in [2.45, 2.75) is 31.9 Å². The molecule has 0 bridgehead atoms. The van der Waals surface area contributed by atoms with Crippen LogP contribution in [-0.2, 0) is 9.53 Å². The average Bonchev–Trinajstić information content (AvgIpc) is 2.01. The molecule has 2 N–H and O–H groups in total. The normalized spacial score (nSPS) is 29.4. The van der Waals surface area contributed by atoms with Crippen LogP contribution in [0, 0.1) is 5.92 Å². The van der Waals surface area contributed by atoms with Crippen molar-refractivity contribution in [1.82, 2.24) is 5.32 Å².